The summed E-state index contributed by atoms with van der Waals surface area (Å²) >= 11 is 0. The van der Waals surface area contributed by atoms with Gasteiger partial charge in [0.15, 0.2) is 0 Å². The summed E-state index contributed by atoms with van der Waals surface area (Å²) in [5.74, 6) is 0.440. The van der Waals surface area contributed by atoms with E-state index in [0.29, 0.717) is 19.0 Å². The van der Waals surface area contributed by atoms with Gasteiger partial charge >= 0.3 is 10.4 Å². The molecule has 9 nitrogen and oxygen atoms in total. The van der Waals surface area contributed by atoms with Crippen LogP contribution in [0.2, 0.25) is 0 Å². The van der Waals surface area contributed by atoms with Crippen molar-refractivity contribution in [1.29, 1.82) is 0 Å². The Kier molecular flexibility index (Phi) is 6.62. The molecule has 0 saturated carbocycles. The summed E-state index contributed by atoms with van der Waals surface area (Å²) in [5.41, 5.74) is 2.61. The lowest BCUT2D eigenvalue weighted by Crippen LogP contribution is -2.28. The number of aryl methyl sites for hydroxylation is 1. The third-order valence-corrected chi connectivity index (χ3v) is 4.32. The number of rotatable bonds is 9. The summed E-state index contributed by atoms with van der Waals surface area (Å²) in [6, 6.07) is 5.72. The van der Waals surface area contributed by atoms with E-state index in [1.807, 2.05) is 36.9 Å². The van der Waals surface area contributed by atoms with Gasteiger partial charge in [0, 0.05) is 31.2 Å². The molecule has 0 aliphatic rings. The number of anilines is 1. The number of likely N-dealkylation sites (N-methyl/N-ethyl adjacent to an activating group) is 1. The molecule has 0 bridgehead atoms. The first-order valence-electron chi connectivity index (χ1n) is 7.67. The molecule has 1 aromatic carbocycles. The van der Waals surface area contributed by atoms with E-state index in [1.54, 1.807) is 12.4 Å². The topological polar surface area (TPSA) is 109 Å². The second-order valence-electron chi connectivity index (χ2n) is 5.06. The van der Waals surface area contributed by atoms with E-state index in [0.717, 1.165) is 24.0 Å². The summed E-state index contributed by atoms with van der Waals surface area (Å²) in [4.78, 5) is 8.83. The predicted molar refractivity (Wildman–Crippen MR) is 93.7 cm³/mol. The van der Waals surface area contributed by atoms with E-state index in [2.05, 4.69) is 24.4 Å². The fourth-order valence-corrected chi connectivity index (χ4v) is 2.50. The van der Waals surface area contributed by atoms with Crippen LogP contribution in [0.5, 0.6) is 0 Å². The molecule has 1 aromatic heterocycles. The molecule has 0 fully saturated rings. The summed E-state index contributed by atoms with van der Waals surface area (Å²) in [5, 5.41) is 8.19. The van der Waals surface area contributed by atoms with Gasteiger partial charge in [-0.2, -0.15) is 8.42 Å². The normalized spacial score (nSPS) is 12.0. The number of benzene rings is 1. The smallest absolute Gasteiger partial charge is 0.369 e. The second kappa shape index (κ2) is 8.70. The van der Waals surface area contributed by atoms with Gasteiger partial charge in [-0.25, -0.2) is 9.17 Å². The quantitative estimate of drug-likeness (QED) is 0.683. The largest absolute Gasteiger partial charge is 0.399 e. The molecule has 0 unspecified atom stereocenters. The van der Waals surface area contributed by atoms with E-state index >= 15 is 0 Å². The molecular formula is C15H21N5O4S. The maximum absolute atomic E-state index is 11.2. The SMILES string of the molecule is CCN(CCOS(=O)(=O)OC)c1ccc(N=Nc2ncc[nH]2)c(C)c1. The Morgan fingerprint density at radius 2 is 2.12 bits per heavy atom. The fraction of sp³-hybridized carbons (Fsp3) is 0.400. The van der Waals surface area contributed by atoms with Crippen LogP contribution in [0.1, 0.15) is 12.5 Å². The zero-order chi connectivity index (χ0) is 18.3. The van der Waals surface area contributed by atoms with Gasteiger partial charge in [0.2, 0.25) is 5.95 Å². The van der Waals surface area contributed by atoms with E-state index < -0.39 is 10.4 Å². The number of hydrogen-bond acceptors (Lipinski definition) is 8. The average Bonchev–Trinajstić information content (AvgIpc) is 3.11. The Labute approximate surface area is 147 Å². The summed E-state index contributed by atoms with van der Waals surface area (Å²) in [7, 11) is -2.85. The average molecular weight is 367 g/mol. The van der Waals surface area contributed by atoms with Crippen molar-refractivity contribution in [2.45, 2.75) is 13.8 Å². The van der Waals surface area contributed by atoms with Crippen molar-refractivity contribution in [2.75, 3.05) is 31.7 Å². The van der Waals surface area contributed by atoms with Crippen LogP contribution in [0.3, 0.4) is 0 Å². The molecule has 1 heterocycles. The van der Waals surface area contributed by atoms with Gasteiger partial charge in [-0.15, -0.1) is 10.2 Å². The molecule has 2 rings (SSSR count). The van der Waals surface area contributed by atoms with E-state index in [4.69, 9.17) is 4.18 Å². The number of azo groups is 1. The van der Waals surface area contributed by atoms with Crippen LogP contribution < -0.4 is 4.90 Å². The van der Waals surface area contributed by atoms with Gasteiger partial charge in [0.05, 0.1) is 19.4 Å². The number of nitrogens with one attached hydrogen (secondary N) is 1. The van der Waals surface area contributed by atoms with Crippen molar-refractivity contribution < 1.29 is 16.8 Å². The molecule has 10 heteroatoms. The van der Waals surface area contributed by atoms with E-state index in [1.165, 1.54) is 0 Å². The minimum atomic E-state index is -3.91. The van der Waals surface area contributed by atoms with Gasteiger partial charge in [0.1, 0.15) is 0 Å². The number of nitrogens with zero attached hydrogens (tertiary/aromatic N) is 4. The van der Waals surface area contributed by atoms with E-state index in [9.17, 15) is 8.42 Å². The molecule has 0 aliphatic carbocycles. The molecule has 2 aromatic rings. The molecule has 0 aliphatic heterocycles. The highest BCUT2D eigenvalue weighted by Crippen LogP contribution is 2.26. The van der Waals surface area contributed by atoms with Crippen molar-refractivity contribution >= 4 is 27.7 Å². The molecule has 25 heavy (non-hydrogen) atoms. The third-order valence-electron chi connectivity index (χ3n) is 3.46. The van der Waals surface area contributed by atoms with E-state index in [-0.39, 0.29) is 6.61 Å². The number of imidazole rings is 1. The molecule has 0 radical (unpaired) electrons. The van der Waals surface area contributed by atoms with Gasteiger partial charge < -0.3 is 9.88 Å². The Bertz CT molecular complexity index is 805. The molecule has 1 N–H and O–H groups in total. The maximum Gasteiger partial charge on any atom is 0.399 e. The molecular weight excluding hydrogens is 346 g/mol. The Morgan fingerprint density at radius 1 is 1.32 bits per heavy atom. The highest BCUT2D eigenvalue weighted by atomic mass is 32.3. The molecule has 0 amide bonds. The second-order valence-corrected chi connectivity index (χ2v) is 6.45. The highest BCUT2D eigenvalue weighted by Gasteiger charge is 2.11. The Hall–Kier alpha value is -2.30. The fourth-order valence-electron chi connectivity index (χ4n) is 2.13. The zero-order valence-electron chi connectivity index (χ0n) is 14.3. The number of hydrogen-bond donors (Lipinski definition) is 1. The van der Waals surface area contributed by atoms with Crippen LogP contribution in [-0.2, 0) is 18.8 Å². The zero-order valence-corrected chi connectivity index (χ0v) is 15.2. The van der Waals surface area contributed by atoms with Crippen molar-refractivity contribution in [2.24, 2.45) is 10.2 Å². The maximum atomic E-state index is 11.2. The van der Waals surface area contributed by atoms with Crippen molar-refractivity contribution in [3.05, 3.63) is 36.2 Å². The first-order valence-corrected chi connectivity index (χ1v) is 9.00. The highest BCUT2D eigenvalue weighted by molar-refractivity contribution is 7.81. The monoisotopic (exact) mass is 367 g/mol. The van der Waals surface area contributed by atoms with Gasteiger partial charge in [-0.1, -0.05) is 0 Å². The standard InChI is InChI=1S/C15H21N5O4S/c1-4-20(9-10-24-25(21,22)23-3)13-5-6-14(12(2)11-13)18-19-15-16-7-8-17-15/h5-8,11H,4,9-10H2,1-3H3,(H,16,17). The summed E-state index contributed by atoms with van der Waals surface area (Å²) in [6.07, 6.45) is 3.28. The number of H-pyrrole nitrogens is 1. The lowest BCUT2D eigenvalue weighted by molar-refractivity contribution is 0.248. The van der Waals surface area contributed by atoms with Crippen LogP contribution in [0.4, 0.5) is 17.3 Å². The first kappa shape index (κ1) is 19.0. The van der Waals surface area contributed by atoms with Crippen LogP contribution >= 0.6 is 0 Å². The lowest BCUT2D eigenvalue weighted by Gasteiger charge is -2.23. The van der Waals surface area contributed by atoms with Crippen LogP contribution in [-0.4, -0.2) is 45.2 Å². The molecule has 136 valence electrons. The summed E-state index contributed by atoms with van der Waals surface area (Å²) < 4.78 is 31.3. The molecule has 0 atom stereocenters. The van der Waals surface area contributed by atoms with Gasteiger partial charge in [-0.3, -0.25) is 4.18 Å². The third kappa shape index (κ3) is 5.62. The first-order chi connectivity index (χ1) is 11.9. The lowest BCUT2D eigenvalue weighted by atomic mass is 10.1. The molecule has 0 spiro atoms. The predicted octanol–water partition coefficient (Wildman–Crippen LogP) is 2.87. The molecule has 0 saturated heterocycles. The van der Waals surface area contributed by atoms with Crippen molar-refractivity contribution in [3.8, 4) is 0 Å². The van der Waals surface area contributed by atoms with Crippen LogP contribution in [0, 0.1) is 6.92 Å². The van der Waals surface area contributed by atoms with Crippen LogP contribution in [0.25, 0.3) is 0 Å². The minimum Gasteiger partial charge on any atom is -0.369 e. The van der Waals surface area contributed by atoms with Crippen molar-refractivity contribution in [1.82, 2.24) is 9.97 Å². The van der Waals surface area contributed by atoms with Gasteiger partial charge in [0.25, 0.3) is 0 Å². The number of aromatic nitrogens is 2. The van der Waals surface area contributed by atoms with Crippen LogP contribution in [0.15, 0.2) is 40.8 Å². The van der Waals surface area contributed by atoms with Gasteiger partial charge in [-0.05, 0) is 37.6 Å². The Morgan fingerprint density at radius 3 is 2.72 bits per heavy atom. The number of aromatic amines is 1. The summed E-state index contributed by atoms with van der Waals surface area (Å²) in [6.45, 7) is 5.02. The Balaban J connectivity index is 2.04. The minimum absolute atomic E-state index is 0.00299. The van der Waals surface area contributed by atoms with Crippen molar-refractivity contribution in [3.63, 3.8) is 0 Å².